The molecule has 8 N–H and O–H groups in total. The van der Waals surface area contributed by atoms with Gasteiger partial charge >= 0.3 is 23.9 Å². The molecule has 7 rings (SSSR count). The van der Waals surface area contributed by atoms with Crippen LogP contribution in [0.5, 0.6) is 0 Å². The fourth-order valence-electron chi connectivity index (χ4n) is 15.0. The second kappa shape index (κ2) is 20.5. The van der Waals surface area contributed by atoms with Gasteiger partial charge in [0.25, 0.3) is 0 Å². The van der Waals surface area contributed by atoms with Gasteiger partial charge in [-0.05, 0) is 87.4 Å². The molecule has 73 heavy (non-hydrogen) atoms. The van der Waals surface area contributed by atoms with Crippen molar-refractivity contribution in [2.45, 2.75) is 207 Å². The number of fused-ring (bicyclic) bond motifs is 7. The summed E-state index contributed by atoms with van der Waals surface area (Å²) in [6, 6.07) is 0. The van der Waals surface area contributed by atoms with Gasteiger partial charge in [0.1, 0.15) is 61.2 Å². The normalized spacial score (nSPS) is 47.7. The zero-order valence-electron chi connectivity index (χ0n) is 44.0. The van der Waals surface area contributed by atoms with E-state index in [0.29, 0.717) is 37.7 Å². The van der Waals surface area contributed by atoms with Crippen molar-refractivity contribution in [2.75, 3.05) is 13.2 Å². The molecule has 0 spiro atoms. The van der Waals surface area contributed by atoms with E-state index in [4.69, 9.17) is 33.2 Å². The lowest BCUT2D eigenvalue weighted by Crippen LogP contribution is -2.77. The smallest absolute Gasteiger partial charge is 0.335 e. The van der Waals surface area contributed by atoms with E-state index < -0.39 is 173 Å². The van der Waals surface area contributed by atoms with Gasteiger partial charge in [0.15, 0.2) is 24.8 Å². The Kier molecular flexibility index (Phi) is 16.1. The van der Waals surface area contributed by atoms with Gasteiger partial charge in [0.05, 0.1) is 36.1 Å². The Morgan fingerprint density at radius 2 is 1.51 bits per heavy atom. The van der Waals surface area contributed by atoms with E-state index >= 15 is 0 Å². The van der Waals surface area contributed by atoms with Crippen molar-refractivity contribution in [2.24, 2.45) is 56.2 Å². The second-order valence-electron chi connectivity index (χ2n) is 23.9. The van der Waals surface area contributed by atoms with Crippen molar-refractivity contribution < 1.29 is 98.0 Å². The number of hydrogen-bond donors (Lipinski definition) is 8. The SMILES string of the molecule is CC=C(C)C(=O)O[C@H]1[C@H](OC(=O)[C@H](C)CC)[C@]2(CO)[C@H](OC(C)=O)[C@H](O)[C@]3(C)C(=CC[C@@H]4[C@@]5(C)CC[C@H](O[C@@H]6O[C@H](C(=O)O)[C@@H](O)[C@H](O[C@@H]7OC[C@H](O)[C@H](O)[C@H]7O)[C@H]6O)[C@@](C)(C=O)[C@@H]5CC[C@]43C)[C@@H]2CC1(C)C. The van der Waals surface area contributed by atoms with E-state index in [9.17, 15) is 64.8 Å². The standard InChI is InChI=1S/C53H80O20/c1-12-24(3)44(65)72-41-42(73-45(66)25(4)13-2)53(23-55)28(20-48(41,6)7)27-14-15-31-49(8)18-17-32(50(9,22-54)30(49)16-19-51(31,10)52(27,11)39(62)40(53)68-26(5)56)69-47-36(61)37(35(60)38(71-47)43(63)64)70-46-34(59)33(58)29(57)21-67-46/h12,14,22,25,28-42,46-47,55,57-62H,13,15-21,23H2,1-11H3,(H,63,64)/t25-,28+,29+,30-,31-,32+,33+,34-,35+,36-,37+,38+,39+,40-,41+,42+,46+,47-,49+,50+,51-,52+,53+/m1/s1. The first-order valence-corrected chi connectivity index (χ1v) is 25.9. The fraction of sp³-hybridized carbons (Fsp3) is 0.830. The lowest BCUT2D eigenvalue weighted by atomic mass is 9.32. The molecule has 0 bridgehead atoms. The molecule has 412 valence electrons. The summed E-state index contributed by atoms with van der Waals surface area (Å²) >= 11 is 0. The van der Waals surface area contributed by atoms with Crippen LogP contribution in [-0.2, 0) is 57.1 Å². The summed E-state index contributed by atoms with van der Waals surface area (Å²) in [6.45, 7) is 18.6. The molecule has 0 aromatic heterocycles. The van der Waals surface area contributed by atoms with Gasteiger partial charge < -0.3 is 78.8 Å². The van der Waals surface area contributed by atoms with E-state index in [1.807, 2.05) is 27.7 Å². The number of carbonyl (C=O) groups is 5. The number of aliphatic hydroxyl groups is 7. The number of aldehydes is 1. The van der Waals surface area contributed by atoms with Gasteiger partial charge in [0, 0.05) is 23.3 Å². The van der Waals surface area contributed by atoms with E-state index in [2.05, 4.69) is 19.9 Å². The number of allylic oxidation sites excluding steroid dienone is 2. The van der Waals surface area contributed by atoms with Gasteiger partial charge in [-0.2, -0.15) is 0 Å². The summed E-state index contributed by atoms with van der Waals surface area (Å²) in [4.78, 5) is 67.3. The lowest BCUT2D eigenvalue weighted by Gasteiger charge is -2.73. The molecule has 0 radical (unpaired) electrons. The van der Waals surface area contributed by atoms with Crippen molar-refractivity contribution >= 4 is 30.2 Å². The Hall–Kier alpha value is -3.41. The van der Waals surface area contributed by atoms with Crippen LogP contribution in [0.2, 0.25) is 0 Å². The number of aliphatic carboxylic acids is 1. The van der Waals surface area contributed by atoms with Gasteiger partial charge in [-0.1, -0.05) is 73.1 Å². The molecule has 0 aromatic rings. The van der Waals surface area contributed by atoms with Crippen LogP contribution in [0, 0.1) is 56.2 Å². The molecule has 20 heteroatoms. The highest BCUT2D eigenvalue weighted by molar-refractivity contribution is 5.88. The number of carboxylic acid groups (broad SMARTS) is 1. The third-order valence-electron chi connectivity index (χ3n) is 19.7. The maximum Gasteiger partial charge on any atom is 0.335 e. The first kappa shape index (κ1) is 57.3. The summed E-state index contributed by atoms with van der Waals surface area (Å²) in [5.41, 5.74) is -5.41. The van der Waals surface area contributed by atoms with E-state index in [-0.39, 0.29) is 18.8 Å². The predicted molar refractivity (Wildman–Crippen MR) is 254 cm³/mol. The molecule has 5 aliphatic carbocycles. The minimum Gasteiger partial charge on any atom is -0.479 e. The van der Waals surface area contributed by atoms with Crippen LogP contribution in [0.15, 0.2) is 23.3 Å². The number of aliphatic hydroxyl groups excluding tert-OH is 7. The van der Waals surface area contributed by atoms with Crippen molar-refractivity contribution in [1.29, 1.82) is 0 Å². The second-order valence-corrected chi connectivity index (χ2v) is 23.9. The number of hydrogen-bond acceptors (Lipinski definition) is 19. The monoisotopic (exact) mass is 1040 g/mol. The van der Waals surface area contributed by atoms with E-state index in [1.165, 1.54) is 6.92 Å². The van der Waals surface area contributed by atoms with Crippen LogP contribution in [-0.4, -0.2) is 170 Å². The molecular weight excluding hydrogens is 957 g/mol. The molecule has 2 saturated heterocycles. The number of rotatable bonds is 13. The summed E-state index contributed by atoms with van der Waals surface area (Å²) in [6.07, 6.45) is -15.6. The summed E-state index contributed by atoms with van der Waals surface area (Å²) in [7, 11) is 0. The van der Waals surface area contributed by atoms with Gasteiger partial charge in [-0.25, -0.2) is 9.59 Å². The molecule has 0 amide bonds. The number of carboxylic acids is 1. The van der Waals surface area contributed by atoms with E-state index in [0.717, 1.165) is 11.9 Å². The fourth-order valence-corrected chi connectivity index (χ4v) is 15.0. The van der Waals surface area contributed by atoms with E-state index in [1.54, 1.807) is 33.8 Å². The highest BCUT2D eigenvalue weighted by atomic mass is 16.7. The van der Waals surface area contributed by atoms with Crippen molar-refractivity contribution in [3.63, 3.8) is 0 Å². The van der Waals surface area contributed by atoms with Crippen LogP contribution in [0.1, 0.15) is 121 Å². The van der Waals surface area contributed by atoms with Crippen LogP contribution in [0.25, 0.3) is 0 Å². The Balaban J connectivity index is 1.26. The Bertz CT molecular complexity index is 2180. The van der Waals surface area contributed by atoms with Crippen LogP contribution in [0.4, 0.5) is 0 Å². The summed E-state index contributed by atoms with van der Waals surface area (Å²) in [5.74, 6) is -5.55. The molecule has 7 aliphatic rings. The predicted octanol–water partition coefficient (Wildman–Crippen LogP) is 2.27. The Morgan fingerprint density at radius 1 is 0.836 bits per heavy atom. The largest absolute Gasteiger partial charge is 0.479 e. The molecule has 2 heterocycles. The third kappa shape index (κ3) is 8.93. The molecule has 20 nitrogen and oxygen atoms in total. The highest BCUT2D eigenvalue weighted by Gasteiger charge is 2.77. The summed E-state index contributed by atoms with van der Waals surface area (Å²) in [5, 5.41) is 89.0. The maximum absolute atomic E-state index is 14.0. The molecule has 2 aliphatic heterocycles. The van der Waals surface area contributed by atoms with Crippen LogP contribution < -0.4 is 0 Å². The average molecular weight is 1040 g/mol. The first-order chi connectivity index (χ1) is 34.0. The molecular formula is C53H80O20. The van der Waals surface area contributed by atoms with Gasteiger partial charge in [0.2, 0.25) is 0 Å². The first-order valence-electron chi connectivity index (χ1n) is 25.9. The van der Waals surface area contributed by atoms with Crippen molar-refractivity contribution in [3.8, 4) is 0 Å². The van der Waals surface area contributed by atoms with Crippen molar-refractivity contribution in [1.82, 2.24) is 0 Å². The van der Waals surface area contributed by atoms with Crippen LogP contribution in [0.3, 0.4) is 0 Å². The zero-order chi connectivity index (χ0) is 54.3. The molecule has 6 fully saturated rings. The third-order valence-corrected chi connectivity index (χ3v) is 19.7. The highest BCUT2D eigenvalue weighted by Crippen LogP contribution is 2.76. The Labute approximate surface area is 426 Å². The molecule has 4 saturated carbocycles. The van der Waals surface area contributed by atoms with Crippen molar-refractivity contribution in [3.05, 3.63) is 23.3 Å². The van der Waals surface area contributed by atoms with Gasteiger partial charge in [-0.15, -0.1) is 0 Å². The van der Waals surface area contributed by atoms with Crippen LogP contribution >= 0.6 is 0 Å². The lowest BCUT2D eigenvalue weighted by molar-refractivity contribution is -0.356. The number of carbonyl (C=O) groups excluding carboxylic acids is 4. The average Bonchev–Trinajstić information content (AvgIpc) is 3.33. The zero-order valence-corrected chi connectivity index (χ0v) is 44.0. The number of esters is 3. The topological polar surface area (TPSA) is 312 Å². The summed E-state index contributed by atoms with van der Waals surface area (Å²) < 4.78 is 42.2. The Morgan fingerprint density at radius 3 is 2.10 bits per heavy atom. The minimum atomic E-state index is -2.02. The molecule has 23 atom stereocenters. The molecule has 0 aromatic carbocycles. The van der Waals surface area contributed by atoms with Gasteiger partial charge in [-0.3, -0.25) is 9.59 Å². The number of ether oxygens (including phenoxy) is 7. The molecule has 0 unspecified atom stereocenters. The minimum absolute atomic E-state index is 0.203. The quantitative estimate of drug-likeness (QED) is 0.0328. The maximum atomic E-state index is 14.0.